The van der Waals surface area contributed by atoms with Crippen LogP contribution in [-0.2, 0) is 11.9 Å². The zero-order valence-electron chi connectivity index (χ0n) is 15.7. The summed E-state index contributed by atoms with van der Waals surface area (Å²) in [4.78, 5) is 7.82. The molecule has 3 aromatic rings. The van der Waals surface area contributed by atoms with Gasteiger partial charge in [0.25, 0.3) is 0 Å². The summed E-state index contributed by atoms with van der Waals surface area (Å²) < 4.78 is 45.4. The van der Waals surface area contributed by atoms with Gasteiger partial charge in [0.15, 0.2) is 10.9 Å². The van der Waals surface area contributed by atoms with E-state index in [9.17, 15) is 13.2 Å². The summed E-state index contributed by atoms with van der Waals surface area (Å²) in [7, 11) is 0. The van der Waals surface area contributed by atoms with Gasteiger partial charge < -0.3 is 4.74 Å². The van der Waals surface area contributed by atoms with Crippen LogP contribution in [0.5, 0.6) is 11.6 Å². The molecule has 0 aliphatic carbocycles. The minimum Gasteiger partial charge on any atom is -0.439 e. The van der Waals surface area contributed by atoms with Crippen LogP contribution in [0.2, 0.25) is 0 Å². The van der Waals surface area contributed by atoms with Crippen molar-refractivity contribution >= 4 is 11.8 Å². The number of aryl methyl sites for hydroxylation is 3. The number of thioether (sulfide) groups is 1. The average Bonchev–Trinajstić information content (AvgIpc) is 2.59. The summed E-state index contributed by atoms with van der Waals surface area (Å²) in [6, 6.07) is 14.1. The van der Waals surface area contributed by atoms with E-state index in [1.165, 1.54) is 0 Å². The molecule has 0 saturated heterocycles. The van der Waals surface area contributed by atoms with Gasteiger partial charge in [0.1, 0.15) is 5.75 Å². The second-order valence-electron chi connectivity index (χ2n) is 6.57. The fourth-order valence-corrected chi connectivity index (χ4v) is 3.42. The van der Waals surface area contributed by atoms with E-state index in [-0.39, 0.29) is 11.0 Å². The number of aromatic nitrogens is 2. The predicted molar refractivity (Wildman–Crippen MR) is 104 cm³/mol. The smallest absolute Gasteiger partial charge is 0.433 e. The molecule has 28 heavy (non-hydrogen) atoms. The topological polar surface area (TPSA) is 35.0 Å². The van der Waals surface area contributed by atoms with E-state index >= 15 is 0 Å². The Hall–Kier alpha value is -2.54. The average molecular weight is 404 g/mol. The van der Waals surface area contributed by atoms with Crippen molar-refractivity contribution in [2.24, 2.45) is 0 Å². The van der Waals surface area contributed by atoms with Crippen molar-refractivity contribution in [2.45, 2.75) is 37.9 Å². The highest BCUT2D eigenvalue weighted by Crippen LogP contribution is 2.33. The molecule has 1 aromatic heterocycles. The van der Waals surface area contributed by atoms with E-state index in [2.05, 4.69) is 9.97 Å². The van der Waals surface area contributed by atoms with Gasteiger partial charge >= 0.3 is 6.18 Å². The lowest BCUT2D eigenvalue weighted by atomic mass is 10.1. The molecule has 0 aliphatic heterocycles. The zero-order chi connectivity index (χ0) is 20.3. The molecule has 0 fully saturated rings. The van der Waals surface area contributed by atoms with Gasteiger partial charge in [-0.05, 0) is 49.6 Å². The summed E-state index contributed by atoms with van der Waals surface area (Å²) in [5, 5.41) is 0.0229. The largest absolute Gasteiger partial charge is 0.439 e. The van der Waals surface area contributed by atoms with Gasteiger partial charge in [0.2, 0.25) is 5.88 Å². The quantitative estimate of drug-likeness (QED) is 0.359. The first-order valence-electron chi connectivity index (χ1n) is 8.60. The molecule has 0 unspecified atom stereocenters. The summed E-state index contributed by atoms with van der Waals surface area (Å²) in [6.45, 7) is 5.76. The molecule has 0 aliphatic rings. The van der Waals surface area contributed by atoms with Gasteiger partial charge in [-0.1, -0.05) is 47.7 Å². The van der Waals surface area contributed by atoms with Crippen LogP contribution < -0.4 is 4.74 Å². The first-order chi connectivity index (χ1) is 13.2. The number of halogens is 3. The number of benzene rings is 2. The Morgan fingerprint density at radius 2 is 1.50 bits per heavy atom. The molecule has 0 N–H and O–H groups in total. The van der Waals surface area contributed by atoms with Crippen molar-refractivity contribution in [1.82, 2.24) is 9.97 Å². The number of nitrogens with zero attached hydrogens (tertiary/aromatic N) is 2. The third kappa shape index (κ3) is 5.48. The summed E-state index contributed by atoms with van der Waals surface area (Å²) >= 11 is 1.14. The highest BCUT2D eigenvalue weighted by atomic mass is 32.2. The standard InChI is InChI=1S/C21H19F3N2OS/c1-13-4-6-16(7-5-13)12-28-20-25-18(21(22,23)24)11-19(26-20)27-17-9-14(2)8-15(3)10-17/h4-11H,12H2,1-3H3. The molecule has 7 heteroatoms. The van der Waals surface area contributed by atoms with Crippen LogP contribution in [0.15, 0.2) is 53.7 Å². The Labute approximate surface area is 166 Å². The van der Waals surface area contributed by atoms with Crippen molar-refractivity contribution in [3.05, 3.63) is 76.5 Å². The number of hydrogen-bond donors (Lipinski definition) is 0. The van der Waals surface area contributed by atoms with Crippen molar-refractivity contribution in [3.8, 4) is 11.6 Å². The molecule has 0 atom stereocenters. The molecule has 3 rings (SSSR count). The summed E-state index contributed by atoms with van der Waals surface area (Å²) in [6.07, 6.45) is -4.58. The zero-order valence-corrected chi connectivity index (χ0v) is 16.5. The predicted octanol–water partition coefficient (Wildman–Crippen LogP) is 6.51. The first kappa shape index (κ1) is 20.2. The maximum absolute atomic E-state index is 13.3. The lowest BCUT2D eigenvalue weighted by molar-refractivity contribution is -0.141. The molecule has 0 saturated carbocycles. The monoisotopic (exact) mass is 404 g/mol. The number of alkyl halides is 3. The van der Waals surface area contributed by atoms with Gasteiger partial charge in [0, 0.05) is 11.8 Å². The van der Waals surface area contributed by atoms with Gasteiger partial charge in [-0.25, -0.2) is 4.98 Å². The van der Waals surface area contributed by atoms with Crippen LogP contribution in [0.25, 0.3) is 0 Å². The van der Waals surface area contributed by atoms with E-state index in [0.717, 1.165) is 40.1 Å². The second-order valence-corrected chi connectivity index (χ2v) is 7.51. The van der Waals surface area contributed by atoms with Crippen molar-refractivity contribution in [3.63, 3.8) is 0 Å². The third-order valence-electron chi connectivity index (χ3n) is 3.88. The van der Waals surface area contributed by atoms with E-state index in [1.54, 1.807) is 12.1 Å². The van der Waals surface area contributed by atoms with E-state index in [4.69, 9.17) is 4.74 Å². The molecule has 3 nitrogen and oxygen atoms in total. The van der Waals surface area contributed by atoms with Crippen molar-refractivity contribution in [2.75, 3.05) is 0 Å². The number of hydrogen-bond acceptors (Lipinski definition) is 4. The van der Waals surface area contributed by atoms with Crippen LogP contribution in [0.1, 0.15) is 27.9 Å². The highest BCUT2D eigenvalue weighted by Gasteiger charge is 2.34. The molecule has 0 spiro atoms. The maximum atomic E-state index is 13.3. The Balaban J connectivity index is 1.87. The van der Waals surface area contributed by atoms with Crippen LogP contribution >= 0.6 is 11.8 Å². The van der Waals surface area contributed by atoms with Gasteiger partial charge in [-0.2, -0.15) is 18.2 Å². The van der Waals surface area contributed by atoms with Gasteiger partial charge in [0.05, 0.1) is 0 Å². The Kier molecular flexibility index (Phi) is 5.93. The van der Waals surface area contributed by atoms with Gasteiger partial charge in [-0.15, -0.1) is 0 Å². The maximum Gasteiger partial charge on any atom is 0.433 e. The van der Waals surface area contributed by atoms with Crippen LogP contribution in [0.4, 0.5) is 13.2 Å². The number of rotatable bonds is 5. The Morgan fingerprint density at radius 3 is 2.11 bits per heavy atom. The second kappa shape index (κ2) is 8.22. The molecule has 1 heterocycles. The van der Waals surface area contributed by atoms with Crippen LogP contribution in [0.3, 0.4) is 0 Å². The molecule has 146 valence electrons. The number of ether oxygens (including phenoxy) is 1. The van der Waals surface area contributed by atoms with Crippen molar-refractivity contribution in [1.29, 1.82) is 0 Å². The molecular weight excluding hydrogens is 385 g/mol. The normalized spacial score (nSPS) is 11.5. The van der Waals surface area contributed by atoms with Crippen LogP contribution in [-0.4, -0.2) is 9.97 Å². The summed E-state index contributed by atoms with van der Waals surface area (Å²) in [5.41, 5.74) is 2.98. The Morgan fingerprint density at radius 1 is 0.857 bits per heavy atom. The molecule has 0 amide bonds. The molecule has 2 aromatic carbocycles. The van der Waals surface area contributed by atoms with E-state index in [1.807, 2.05) is 51.1 Å². The van der Waals surface area contributed by atoms with Gasteiger partial charge in [-0.3, -0.25) is 0 Å². The third-order valence-corrected chi connectivity index (χ3v) is 4.80. The lowest BCUT2D eigenvalue weighted by Gasteiger charge is -2.12. The van der Waals surface area contributed by atoms with Crippen molar-refractivity contribution < 1.29 is 17.9 Å². The van der Waals surface area contributed by atoms with Crippen LogP contribution in [0, 0.1) is 20.8 Å². The summed E-state index contributed by atoms with van der Waals surface area (Å²) in [5.74, 6) is 0.780. The fourth-order valence-electron chi connectivity index (χ4n) is 2.61. The SMILES string of the molecule is Cc1ccc(CSc2nc(Oc3cc(C)cc(C)c3)cc(C(F)(F)F)n2)cc1. The molecule has 0 bridgehead atoms. The molecule has 0 radical (unpaired) electrons. The fraction of sp³-hybridized carbons (Fsp3) is 0.238. The van der Waals surface area contributed by atoms with E-state index in [0.29, 0.717) is 11.5 Å². The first-order valence-corrected chi connectivity index (χ1v) is 9.58. The highest BCUT2D eigenvalue weighted by molar-refractivity contribution is 7.98. The minimum atomic E-state index is -4.58. The Bertz CT molecular complexity index is 952. The minimum absolute atomic E-state index is 0.0229. The van der Waals surface area contributed by atoms with E-state index < -0.39 is 11.9 Å². The molecular formula is C21H19F3N2OS. The lowest BCUT2D eigenvalue weighted by Crippen LogP contribution is -2.10.